The lowest BCUT2D eigenvalue weighted by Gasteiger charge is -2.28. The second-order valence-corrected chi connectivity index (χ2v) is 5.39. The van der Waals surface area contributed by atoms with Crippen molar-refractivity contribution in [3.63, 3.8) is 0 Å². The molecule has 1 unspecified atom stereocenters. The summed E-state index contributed by atoms with van der Waals surface area (Å²) in [6.45, 7) is 6.73. The fourth-order valence-electron chi connectivity index (χ4n) is 2.27. The number of esters is 1. The number of ether oxygens (including phenoxy) is 3. The van der Waals surface area contributed by atoms with E-state index in [1.54, 1.807) is 13.8 Å². The molecule has 0 aliphatic carbocycles. The molecule has 0 bridgehead atoms. The highest BCUT2D eigenvalue weighted by Gasteiger charge is 2.30. The van der Waals surface area contributed by atoms with Gasteiger partial charge in [-0.3, -0.25) is 10.1 Å². The zero-order chi connectivity index (χ0) is 14.8. The van der Waals surface area contributed by atoms with Gasteiger partial charge in [0.2, 0.25) is 0 Å². The number of fused-ring (bicyclic) bond motifs is 1. The van der Waals surface area contributed by atoms with E-state index < -0.39 is 5.54 Å². The summed E-state index contributed by atoms with van der Waals surface area (Å²) in [7, 11) is 1.39. The van der Waals surface area contributed by atoms with Gasteiger partial charge < -0.3 is 14.2 Å². The molecule has 1 aromatic carbocycles. The molecule has 1 aliphatic rings. The minimum Gasteiger partial charge on any atom is -0.486 e. The van der Waals surface area contributed by atoms with Crippen molar-refractivity contribution in [3.05, 3.63) is 23.8 Å². The van der Waals surface area contributed by atoms with E-state index in [-0.39, 0.29) is 12.0 Å². The molecule has 0 spiro atoms. The van der Waals surface area contributed by atoms with Gasteiger partial charge in [0.15, 0.2) is 11.5 Å². The van der Waals surface area contributed by atoms with Crippen LogP contribution in [0.1, 0.15) is 32.4 Å². The van der Waals surface area contributed by atoms with Crippen LogP contribution in [0.15, 0.2) is 18.2 Å². The molecule has 0 amide bonds. The van der Waals surface area contributed by atoms with Gasteiger partial charge in [-0.1, -0.05) is 6.07 Å². The van der Waals surface area contributed by atoms with E-state index in [0.717, 1.165) is 17.1 Å². The zero-order valence-corrected chi connectivity index (χ0v) is 12.4. The molecule has 1 N–H and O–H groups in total. The third kappa shape index (κ3) is 3.04. The van der Waals surface area contributed by atoms with Crippen molar-refractivity contribution in [1.82, 2.24) is 5.32 Å². The van der Waals surface area contributed by atoms with Gasteiger partial charge in [-0.2, -0.15) is 0 Å². The topological polar surface area (TPSA) is 56.8 Å². The van der Waals surface area contributed by atoms with Crippen LogP contribution in [0.4, 0.5) is 0 Å². The Labute approximate surface area is 119 Å². The second-order valence-electron chi connectivity index (χ2n) is 5.39. The van der Waals surface area contributed by atoms with Crippen LogP contribution in [-0.2, 0) is 9.53 Å². The first-order valence-corrected chi connectivity index (χ1v) is 6.69. The number of hydrogen-bond acceptors (Lipinski definition) is 5. The summed E-state index contributed by atoms with van der Waals surface area (Å²) in [5, 5.41) is 3.26. The molecule has 1 aromatic rings. The number of methoxy groups -OCH3 is 1. The average molecular weight is 279 g/mol. The van der Waals surface area contributed by atoms with Crippen LogP contribution in [0, 0.1) is 0 Å². The number of carbonyl (C=O) groups is 1. The van der Waals surface area contributed by atoms with Gasteiger partial charge in [-0.15, -0.1) is 0 Å². The number of carbonyl (C=O) groups excluding carboxylic acids is 1. The van der Waals surface area contributed by atoms with Crippen molar-refractivity contribution in [1.29, 1.82) is 0 Å². The van der Waals surface area contributed by atoms with E-state index in [9.17, 15) is 4.79 Å². The molecule has 1 aliphatic heterocycles. The lowest BCUT2D eigenvalue weighted by molar-refractivity contribution is -0.147. The van der Waals surface area contributed by atoms with Crippen LogP contribution in [0.2, 0.25) is 0 Å². The van der Waals surface area contributed by atoms with E-state index >= 15 is 0 Å². The van der Waals surface area contributed by atoms with Gasteiger partial charge in [-0.05, 0) is 38.5 Å². The van der Waals surface area contributed by atoms with Crippen molar-refractivity contribution < 1.29 is 19.0 Å². The Morgan fingerprint density at radius 3 is 2.60 bits per heavy atom. The Morgan fingerprint density at radius 1 is 1.30 bits per heavy atom. The quantitative estimate of drug-likeness (QED) is 0.855. The summed E-state index contributed by atoms with van der Waals surface area (Å²) in [5.41, 5.74) is 0.285. The minimum absolute atomic E-state index is 0.0140. The van der Waals surface area contributed by atoms with Crippen molar-refractivity contribution in [2.24, 2.45) is 0 Å². The molecule has 110 valence electrons. The van der Waals surface area contributed by atoms with Gasteiger partial charge >= 0.3 is 5.97 Å². The highest BCUT2D eigenvalue weighted by Crippen LogP contribution is 2.33. The first kappa shape index (κ1) is 14.7. The van der Waals surface area contributed by atoms with Crippen LogP contribution < -0.4 is 14.8 Å². The molecular formula is C15H21NO4. The van der Waals surface area contributed by atoms with Crippen molar-refractivity contribution >= 4 is 5.97 Å². The average Bonchev–Trinajstić information content (AvgIpc) is 2.45. The maximum absolute atomic E-state index is 11.7. The number of hydrogen-bond donors (Lipinski definition) is 1. The Bertz CT molecular complexity index is 499. The highest BCUT2D eigenvalue weighted by molar-refractivity contribution is 5.79. The number of rotatable bonds is 4. The van der Waals surface area contributed by atoms with Crippen LogP contribution in [0.3, 0.4) is 0 Å². The lowest BCUT2D eigenvalue weighted by atomic mass is 10.0. The molecule has 0 radical (unpaired) electrons. The predicted molar refractivity (Wildman–Crippen MR) is 75.1 cm³/mol. The van der Waals surface area contributed by atoms with Gasteiger partial charge in [0.05, 0.1) is 7.11 Å². The molecule has 2 rings (SSSR count). The molecule has 0 saturated heterocycles. The molecule has 0 aromatic heterocycles. The van der Waals surface area contributed by atoms with Crippen LogP contribution in [0.25, 0.3) is 0 Å². The molecule has 5 heteroatoms. The third-order valence-electron chi connectivity index (χ3n) is 3.34. The van der Waals surface area contributed by atoms with Crippen molar-refractivity contribution in [2.45, 2.75) is 32.4 Å². The van der Waals surface area contributed by atoms with E-state index in [2.05, 4.69) is 5.32 Å². The van der Waals surface area contributed by atoms with E-state index in [0.29, 0.717) is 13.2 Å². The smallest absolute Gasteiger partial charge is 0.325 e. The summed E-state index contributed by atoms with van der Waals surface area (Å²) >= 11 is 0. The predicted octanol–water partition coefficient (Wildman–Crippen LogP) is 2.06. The molecule has 20 heavy (non-hydrogen) atoms. The summed E-state index contributed by atoms with van der Waals surface area (Å²) in [5.74, 6) is 1.22. The first-order valence-electron chi connectivity index (χ1n) is 6.69. The maximum Gasteiger partial charge on any atom is 0.325 e. The molecular weight excluding hydrogens is 258 g/mol. The maximum atomic E-state index is 11.7. The molecule has 0 saturated carbocycles. The third-order valence-corrected chi connectivity index (χ3v) is 3.34. The fourth-order valence-corrected chi connectivity index (χ4v) is 2.27. The van der Waals surface area contributed by atoms with E-state index in [4.69, 9.17) is 14.2 Å². The zero-order valence-electron chi connectivity index (χ0n) is 12.4. The Kier molecular flexibility index (Phi) is 4.18. The van der Waals surface area contributed by atoms with E-state index in [1.807, 2.05) is 25.1 Å². The van der Waals surface area contributed by atoms with Crippen molar-refractivity contribution in [2.75, 3.05) is 20.3 Å². The molecule has 5 nitrogen and oxygen atoms in total. The first-order chi connectivity index (χ1) is 9.44. The van der Waals surface area contributed by atoms with Crippen LogP contribution in [-0.4, -0.2) is 31.8 Å². The molecule has 0 fully saturated rings. The fraction of sp³-hybridized carbons (Fsp3) is 0.533. The highest BCUT2D eigenvalue weighted by atomic mass is 16.6. The second kappa shape index (κ2) is 5.71. The van der Waals surface area contributed by atoms with Gasteiger partial charge in [-0.25, -0.2) is 0 Å². The monoisotopic (exact) mass is 279 g/mol. The summed E-state index contributed by atoms with van der Waals surface area (Å²) in [6, 6.07) is 5.80. The van der Waals surface area contributed by atoms with Gasteiger partial charge in [0.25, 0.3) is 0 Å². The number of nitrogens with one attached hydrogen (secondary N) is 1. The Balaban J connectivity index is 2.13. The summed E-state index contributed by atoms with van der Waals surface area (Å²) in [6.07, 6.45) is 0. The minimum atomic E-state index is -0.749. The standard InChI is InChI=1S/C15H21NO4/c1-10(16-15(2,3)14(17)18-4)11-5-6-12-13(9-11)20-8-7-19-12/h5-6,9-10,16H,7-8H2,1-4H3. The molecule has 1 heterocycles. The summed E-state index contributed by atoms with van der Waals surface area (Å²) < 4.78 is 15.9. The van der Waals surface area contributed by atoms with Crippen molar-refractivity contribution in [3.8, 4) is 11.5 Å². The Morgan fingerprint density at radius 2 is 1.95 bits per heavy atom. The summed E-state index contributed by atoms with van der Waals surface area (Å²) in [4.78, 5) is 11.7. The van der Waals surface area contributed by atoms with Crippen LogP contribution >= 0.6 is 0 Å². The lowest BCUT2D eigenvalue weighted by Crippen LogP contribution is -2.48. The Hall–Kier alpha value is -1.75. The van der Waals surface area contributed by atoms with E-state index in [1.165, 1.54) is 7.11 Å². The number of benzene rings is 1. The SMILES string of the molecule is COC(=O)C(C)(C)NC(C)c1ccc2c(c1)OCCO2. The largest absolute Gasteiger partial charge is 0.486 e. The molecule has 1 atom stereocenters. The van der Waals surface area contributed by atoms with Gasteiger partial charge in [0.1, 0.15) is 18.8 Å². The normalized spacial score (nSPS) is 15.6. The van der Waals surface area contributed by atoms with Gasteiger partial charge in [0, 0.05) is 6.04 Å². The van der Waals surface area contributed by atoms with Crippen LogP contribution in [0.5, 0.6) is 11.5 Å².